The van der Waals surface area contributed by atoms with Gasteiger partial charge in [-0.2, -0.15) is 4.98 Å². The number of thiophene rings is 1. The van der Waals surface area contributed by atoms with Gasteiger partial charge in [0.1, 0.15) is 10.6 Å². The van der Waals surface area contributed by atoms with Gasteiger partial charge in [-0.05, 0) is 43.2 Å². The van der Waals surface area contributed by atoms with E-state index in [1.807, 2.05) is 18.3 Å². The Balaban J connectivity index is 1.59. The van der Waals surface area contributed by atoms with Crippen molar-refractivity contribution in [2.75, 3.05) is 30.3 Å². The Labute approximate surface area is 144 Å². The third-order valence-corrected chi connectivity index (χ3v) is 6.38. The fraction of sp³-hybridized carbons (Fsp3) is 0.500. The van der Waals surface area contributed by atoms with E-state index in [0.717, 1.165) is 50.5 Å². The number of aromatic nitrogens is 2. The van der Waals surface area contributed by atoms with E-state index in [2.05, 4.69) is 26.3 Å². The number of nitrogen functional groups attached to an aromatic ring is 1. The lowest BCUT2D eigenvalue weighted by Gasteiger charge is -2.44. The van der Waals surface area contributed by atoms with Gasteiger partial charge < -0.3 is 15.4 Å². The molecule has 0 unspecified atom stereocenters. The summed E-state index contributed by atoms with van der Waals surface area (Å²) < 4.78 is 6.25. The van der Waals surface area contributed by atoms with E-state index >= 15 is 0 Å². The van der Waals surface area contributed by atoms with Crippen molar-refractivity contribution >= 4 is 34.7 Å². The van der Waals surface area contributed by atoms with Crippen LogP contribution in [0, 0.1) is 6.92 Å². The summed E-state index contributed by atoms with van der Waals surface area (Å²) in [5.41, 5.74) is 7.84. The molecule has 2 N–H and O–H groups in total. The molecule has 0 amide bonds. The summed E-state index contributed by atoms with van der Waals surface area (Å²) in [5.74, 6) is 1.02. The van der Waals surface area contributed by atoms with Crippen molar-refractivity contribution in [3.8, 4) is 0 Å². The SMILES string of the molecule is Cc1nc(N)nc(N2CCC3(CC2)OCCc2ccsc23)c1Cl. The molecular weight excluding hydrogens is 332 g/mol. The number of hydrogen-bond donors (Lipinski definition) is 1. The third-order valence-electron chi connectivity index (χ3n) is 4.80. The molecule has 5 nitrogen and oxygen atoms in total. The van der Waals surface area contributed by atoms with E-state index in [1.165, 1.54) is 10.4 Å². The van der Waals surface area contributed by atoms with Crippen molar-refractivity contribution in [1.82, 2.24) is 9.97 Å². The van der Waals surface area contributed by atoms with Crippen molar-refractivity contribution in [2.24, 2.45) is 0 Å². The number of halogens is 1. The molecule has 2 aromatic rings. The lowest BCUT2D eigenvalue weighted by Crippen LogP contribution is -2.46. The highest BCUT2D eigenvalue weighted by Gasteiger charge is 2.42. The van der Waals surface area contributed by atoms with Crippen LogP contribution < -0.4 is 10.6 Å². The summed E-state index contributed by atoms with van der Waals surface area (Å²) in [5, 5.41) is 2.77. The first-order chi connectivity index (χ1) is 11.1. The van der Waals surface area contributed by atoms with E-state index in [9.17, 15) is 0 Å². The molecule has 0 saturated carbocycles. The normalized spacial score (nSPS) is 19.8. The number of fused-ring (bicyclic) bond motifs is 2. The minimum atomic E-state index is -0.127. The molecule has 4 rings (SSSR count). The van der Waals surface area contributed by atoms with Gasteiger partial charge in [-0.15, -0.1) is 11.3 Å². The first-order valence-electron chi connectivity index (χ1n) is 7.84. The number of rotatable bonds is 1. The molecule has 0 aliphatic carbocycles. The van der Waals surface area contributed by atoms with Gasteiger partial charge in [0, 0.05) is 18.0 Å². The zero-order valence-electron chi connectivity index (χ0n) is 13.0. The number of nitrogens with two attached hydrogens (primary N) is 1. The van der Waals surface area contributed by atoms with E-state index < -0.39 is 0 Å². The Morgan fingerprint density at radius 3 is 2.91 bits per heavy atom. The van der Waals surface area contributed by atoms with Crippen molar-refractivity contribution in [2.45, 2.75) is 31.8 Å². The van der Waals surface area contributed by atoms with Crippen LogP contribution in [0.3, 0.4) is 0 Å². The molecule has 7 heteroatoms. The van der Waals surface area contributed by atoms with Gasteiger partial charge >= 0.3 is 0 Å². The molecule has 1 fully saturated rings. The molecule has 23 heavy (non-hydrogen) atoms. The van der Waals surface area contributed by atoms with Gasteiger partial charge in [0.05, 0.1) is 12.3 Å². The molecule has 2 aliphatic heterocycles. The second-order valence-corrected chi connectivity index (χ2v) is 7.45. The topological polar surface area (TPSA) is 64.3 Å². The maximum absolute atomic E-state index is 6.39. The van der Waals surface area contributed by atoms with Gasteiger partial charge in [-0.1, -0.05) is 11.6 Å². The zero-order valence-corrected chi connectivity index (χ0v) is 14.6. The highest BCUT2D eigenvalue weighted by molar-refractivity contribution is 7.10. The number of aryl methyl sites for hydroxylation is 1. The fourth-order valence-electron chi connectivity index (χ4n) is 3.58. The number of anilines is 2. The van der Waals surface area contributed by atoms with E-state index in [0.29, 0.717) is 5.02 Å². The standard InChI is InChI=1S/C16H19ClN4OS/c1-10-12(17)14(20-15(18)19-10)21-6-4-16(5-7-21)13-11(2-8-22-16)3-9-23-13/h3,9H,2,4-8H2,1H3,(H2,18,19,20). The van der Waals surface area contributed by atoms with Crippen LogP contribution >= 0.6 is 22.9 Å². The van der Waals surface area contributed by atoms with Crippen LogP contribution in [0.5, 0.6) is 0 Å². The summed E-state index contributed by atoms with van der Waals surface area (Å²) in [4.78, 5) is 12.1. The van der Waals surface area contributed by atoms with E-state index in [-0.39, 0.29) is 11.5 Å². The lowest BCUT2D eigenvalue weighted by molar-refractivity contribution is -0.0735. The maximum atomic E-state index is 6.39. The number of ether oxygens (including phenoxy) is 1. The van der Waals surface area contributed by atoms with Crippen LogP contribution in [0.15, 0.2) is 11.4 Å². The van der Waals surface area contributed by atoms with Crippen LogP contribution in [0.1, 0.15) is 29.0 Å². The molecule has 2 aliphatic rings. The average Bonchev–Trinajstić information content (AvgIpc) is 3.02. The molecular formula is C16H19ClN4OS. The zero-order chi connectivity index (χ0) is 16.0. The number of hydrogen-bond acceptors (Lipinski definition) is 6. The second-order valence-electron chi connectivity index (χ2n) is 6.16. The van der Waals surface area contributed by atoms with Crippen LogP contribution in [-0.4, -0.2) is 29.7 Å². The number of nitrogens with zero attached hydrogens (tertiary/aromatic N) is 3. The molecule has 122 valence electrons. The summed E-state index contributed by atoms with van der Waals surface area (Å²) >= 11 is 8.21. The molecule has 0 aromatic carbocycles. The summed E-state index contributed by atoms with van der Waals surface area (Å²) in [7, 11) is 0. The molecule has 0 radical (unpaired) electrons. The van der Waals surface area contributed by atoms with Crippen LogP contribution in [0.2, 0.25) is 5.02 Å². The van der Waals surface area contributed by atoms with Crippen LogP contribution in [-0.2, 0) is 16.8 Å². The van der Waals surface area contributed by atoms with E-state index in [4.69, 9.17) is 22.1 Å². The van der Waals surface area contributed by atoms with Crippen molar-refractivity contribution in [3.63, 3.8) is 0 Å². The Hall–Kier alpha value is -1.37. The highest BCUT2D eigenvalue weighted by atomic mass is 35.5. The monoisotopic (exact) mass is 350 g/mol. The van der Waals surface area contributed by atoms with Gasteiger partial charge in [-0.25, -0.2) is 4.98 Å². The smallest absolute Gasteiger partial charge is 0.222 e. The fourth-order valence-corrected chi connectivity index (χ4v) is 4.95. The molecule has 4 heterocycles. The minimum absolute atomic E-state index is 0.127. The van der Waals surface area contributed by atoms with Crippen LogP contribution in [0.4, 0.5) is 11.8 Å². The van der Waals surface area contributed by atoms with Gasteiger partial charge in [-0.3, -0.25) is 0 Å². The van der Waals surface area contributed by atoms with E-state index in [1.54, 1.807) is 0 Å². The maximum Gasteiger partial charge on any atom is 0.222 e. The predicted octanol–water partition coefficient (Wildman–Crippen LogP) is 3.15. The minimum Gasteiger partial charge on any atom is -0.369 e. The molecule has 2 aromatic heterocycles. The van der Waals surface area contributed by atoms with Crippen LogP contribution in [0.25, 0.3) is 0 Å². The van der Waals surface area contributed by atoms with Crippen molar-refractivity contribution in [1.29, 1.82) is 0 Å². The summed E-state index contributed by atoms with van der Waals surface area (Å²) in [6.07, 6.45) is 2.91. The Kier molecular flexibility index (Phi) is 3.70. The van der Waals surface area contributed by atoms with Gasteiger partial charge in [0.25, 0.3) is 0 Å². The predicted molar refractivity (Wildman–Crippen MR) is 93.3 cm³/mol. The lowest BCUT2D eigenvalue weighted by atomic mass is 9.85. The van der Waals surface area contributed by atoms with Gasteiger partial charge in [0.15, 0.2) is 5.82 Å². The average molecular weight is 351 g/mol. The van der Waals surface area contributed by atoms with Crippen molar-refractivity contribution in [3.05, 3.63) is 32.6 Å². The van der Waals surface area contributed by atoms with Gasteiger partial charge in [0.2, 0.25) is 5.95 Å². The number of piperidine rings is 1. The molecule has 1 spiro atoms. The third kappa shape index (κ3) is 2.49. The molecule has 1 saturated heterocycles. The van der Waals surface area contributed by atoms with Crippen molar-refractivity contribution < 1.29 is 4.74 Å². The summed E-state index contributed by atoms with van der Waals surface area (Å²) in [6.45, 7) is 4.38. The largest absolute Gasteiger partial charge is 0.369 e. The first-order valence-corrected chi connectivity index (χ1v) is 9.10. The second kappa shape index (κ2) is 5.61. The molecule has 0 bridgehead atoms. The first kappa shape index (κ1) is 15.2. The Morgan fingerprint density at radius 1 is 1.35 bits per heavy atom. The Bertz CT molecular complexity index is 740. The molecule has 0 atom stereocenters. The highest BCUT2D eigenvalue weighted by Crippen LogP contribution is 2.45. The summed E-state index contributed by atoms with van der Waals surface area (Å²) in [6, 6.07) is 2.24. The Morgan fingerprint density at radius 2 is 2.13 bits per heavy atom. The quantitative estimate of drug-likeness (QED) is 0.855.